The van der Waals surface area contributed by atoms with Gasteiger partial charge in [0.15, 0.2) is 0 Å². The van der Waals surface area contributed by atoms with E-state index < -0.39 is 21.2 Å². The summed E-state index contributed by atoms with van der Waals surface area (Å²) in [5.74, 6) is -0.971. The molecule has 7 heteroatoms. The third-order valence-corrected chi connectivity index (χ3v) is 4.60. The molecule has 3 N–H and O–H groups in total. The molecule has 0 spiro atoms. The number of rotatable bonds is 5. The van der Waals surface area contributed by atoms with Gasteiger partial charge in [0.05, 0.1) is 4.90 Å². The van der Waals surface area contributed by atoms with Crippen molar-refractivity contribution in [2.45, 2.75) is 28.4 Å². The molecule has 0 aliphatic heterocycles. The highest BCUT2D eigenvalue weighted by Gasteiger charge is 2.21. The Morgan fingerprint density at radius 1 is 1.47 bits per heavy atom. The minimum atomic E-state index is -3.83. The normalized spacial score (nSPS) is 13.3. The first-order chi connectivity index (χ1) is 7.86. The highest BCUT2D eigenvalue weighted by molar-refractivity contribution is 8.01. The maximum Gasteiger partial charge on any atom is 0.316 e. The minimum absolute atomic E-state index is 0.0373. The van der Waals surface area contributed by atoms with Gasteiger partial charge in [-0.2, -0.15) is 0 Å². The number of carbonyl (C=O) groups is 1. The van der Waals surface area contributed by atoms with E-state index in [1.54, 1.807) is 25.1 Å². The van der Waals surface area contributed by atoms with Crippen LogP contribution < -0.4 is 5.14 Å². The van der Waals surface area contributed by atoms with E-state index in [2.05, 4.69) is 0 Å². The predicted molar refractivity (Wildman–Crippen MR) is 65.4 cm³/mol. The van der Waals surface area contributed by atoms with Gasteiger partial charge in [0, 0.05) is 4.90 Å². The van der Waals surface area contributed by atoms with E-state index in [-0.39, 0.29) is 4.90 Å². The molecule has 0 aromatic heterocycles. The number of carboxylic acids is 1. The molecule has 0 fully saturated rings. The van der Waals surface area contributed by atoms with E-state index in [4.69, 9.17) is 10.2 Å². The quantitative estimate of drug-likeness (QED) is 0.789. The van der Waals surface area contributed by atoms with Crippen LogP contribution in [0.15, 0.2) is 34.1 Å². The standard InChI is InChI=1S/C10H13NO4S2/c1-2-7(10(12)13)16-8-5-3-4-6-9(8)17(11,14)15/h3-7H,2H2,1H3,(H,12,13)(H2,11,14,15). The molecule has 0 aliphatic rings. The van der Waals surface area contributed by atoms with Crippen molar-refractivity contribution in [3.05, 3.63) is 24.3 Å². The highest BCUT2D eigenvalue weighted by Crippen LogP contribution is 2.30. The molecule has 1 unspecified atom stereocenters. The van der Waals surface area contributed by atoms with Gasteiger partial charge in [-0.05, 0) is 18.6 Å². The van der Waals surface area contributed by atoms with Gasteiger partial charge in [-0.25, -0.2) is 13.6 Å². The molecule has 1 atom stereocenters. The first-order valence-corrected chi connectivity index (χ1v) is 7.30. The summed E-state index contributed by atoms with van der Waals surface area (Å²) in [5, 5.41) is 13.3. The average Bonchev–Trinajstić information content (AvgIpc) is 2.24. The molecule has 1 aromatic rings. The van der Waals surface area contributed by atoms with Gasteiger partial charge in [-0.3, -0.25) is 4.79 Å². The third-order valence-electron chi connectivity index (χ3n) is 2.07. The predicted octanol–water partition coefficient (Wildman–Crippen LogP) is 1.29. The molecule has 94 valence electrons. The molecule has 0 radical (unpaired) electrons. The number of thioether (sulfide) groups is 1. The molecule has 1 aromatic carbocycles. The Bertz CT molecular complexity index is 513. The average molecular weight is 275 g/mol. The second-order valence-electron chi connectivity index (χ2n) is 3.34. The summed E-state index contributed by atoms with van der Waals surface area (Å²) in [6.45, 7) is 1.73. The lowest BCUT2D eigenvalue weighted by Crippen LogP contribution is -2.17. The number of primary sulfonamides is 1. The van der Waals surface area contributed by atoms with Crippen LogP contribution in [0.3, 0.4) is 0 Å². The topological polar surface area (TPSA) is 97.5 Å². The number of hydrogen-bond acceptors (Lipinski definition) is 4. The fourth-order valence-corrected chi connectivity index (χ4v) is 3.27. The molecular weight excluding hydrogens is 262 g/mol. The van der Waals surface area contributed by atoms with Crippen LogP contribution in [0.5, 0.6) is 0 Å². The molecule has 0 aliphatic carbocycles. The van der Waals surface area contributed by atoms with Gasteiger partial charge in [0.1, 0.15) is 5.25 Å². The summed E-state index contributed by atoms with van der Waals surface area (Å²) in [5.41, 5.74) is 0. The van der Waals surface area contributed by atoms with Crippen molar-refractivity contribution in [2.24, 2.45) is 5.14 Å². The maximum atomic E-state index is 11.3. The van der Waals surface area contributed by atoms with Gasteiger partial charge < -0.3 is 5.11 Å². The zero-order valence-electron chi connectivity index (χ0n) is 9.16. The summed E-state index contributed by atoms with van der Waals surface area (Å²) in [4.78, 5) is 11.2. The van der Waals surface area contributed by atoms with Crippen LogP contribution in [-0.4, -0.2) is 24.7 Å². The summed E-state index contributed by atoms with van der Waals surface area (Å²) in [6.07, 6.45) is 0.402. The smallest absolute Gasteiger partial charge is 0.316 e. The van der Waals surface area contributed by atoms with Gasteiger partial charge in [-0.1, -0.05) is 19.1 Å². The van der Waals surface area contributed by atoms with Crippen molar-refractivity contribution in [2.75, 3.05) is 0 Å². The monoisotopic (exact) mass is 275 g/mol. The first kappa shape index (κ1) is 14.0. The van der Waals surface area contributed by atoms with E-state index in [1.165, 1.54) is 6.07 Å². The Kier molecular flexibility index (Phi) is 4.55. The summed E-state index contributed by atoms with van der Waals surface area (Å²) in [6, 6.07) is 6.11. The second kappa shape index (κ2) is 5.52. The van der Waals surface area contributed by atoms with Crippen LogP contribution in [0.2, 0.25) is 0 Å². The third kappa shape index (κ3) is 3.72. The zero-order chi connectivity index (χ0) is 13.1. The highest BCUT2D eigenvalue weighted by atomic mass is 32.2. The number of benzene rings is 1. The molecule has 0 saturated carbocycles. The Labute approximate surface area is 104 Å². The van der Waals surface area contributed by atoms with Crippen LogP contribution in [0.4, 0.5) is 0 Å². The fourth-order valence-electron chi connectivity index (χ4n) is 1.24. The summed E-state index contributed by atoms with van der Waals surface area (Å²) < 4.78 is 22.6. The molecule has 0 amide bonds. The van der Waals surface area contributed by atoms with Crippen LogP contribution >= 0.6 is 11.8 Å². The number of carboxylic acid groups (broad SMARTS) is 1. The summed E-state index contributed by atoms with van der Waals surface area (Å²) in [7, 11) is -3.83. The summed E-state index contributed by atoms with van der Waals surface area (Å²) >= 11 is 0.992. The van der Waals surface area contributed by atoms with Gasteiger partial charge in [-0.15, -0.1) is 11.8 Å². The van der Waals surface area contributed by atoms with Crippen molar-refractivity contribution >= 4 is 27.8 Å². The zero-order valence-corrected chi connectivity index (χ0v) is 10.8. The lowest BCUT2D eigenvalue weighted by atomic mass is 10.3. The Balaban J connectivity index is 3.11. The van der Waals surface area contributed by atoms with Crippen molar-refractivity contribution in [3.8, 4) is 0 Å². The van der Waals surface area contributed by atoms with E-state index >= 15 is 0 Å². The Hall–Kier alpha value is -1.05. The second-order valence-corrected chi connectivity index (χ2v) is 6.12. The molecule has 0 heterocycles. The molecule has 17 heavy (non-hydrogen) atoms. The van der Waals surface area contributed by atoms with Gasteiger partial charge >= 0.3 is 5.97 Å². The number of nitrogens with two attached hydrogens (primary N) is 1. The number of hydrogen-bond donors (Lipinski definition) is 2. The number of aliphatic carboxylic acids is 1. The van der Waals surface area contributed by atoms with Gasteiger partial charge in [0.25, 0.3) is 0 Å². The molecular formula is C10H13NO4S2. The van der Waals surface area contributed by atoms with E-state index in [9.17, 15) is 13.2 Å². The minimum Gasteiger partial charge on any atom is -0.480 e. The van der Waals surface area contributed by atoms with E-state index in [0.717, 1.165) is 11.8 Å². The Morgan fingerprint density at radius 3 is 2.53 bits per heavy atom. The fraction of sp³-hybridized carbons (Fsp3) is 0.300. The molecule has 0 bridgehead atoms. The van der Waals surface area contributed by atoms with Crippen LogP contribution in [0.25, 0.3) is 0 Å². The van der Waals surface area contributed by atoms with Crippen LogP contribution in [0.1, 0.15) is 13.3 Å². The van der Waals surface area contributed by atoms with E-state index in [1.807, 2.05) is 0 Å². The molecule has 0 saturated heterocycles. The van der Waals surface area contributed by atoms with Crippen LogP contribution in [0, 0.1) is 0 Å². The lowest BCUT2D eigenvalue weighted by molar-refractivity contribution is -0.136. The molecule has 5 nitrogen and oxygen atoms in total. The van der Waals surface area contributed by atoms with Crippen molar-refractivity contribution in [3.63, 3.8) is 0 Å². The van der Waals surface area contributed by atoms with Gasteiger partial charge in [0.2, 0.25) is 10.0 Å². The maximum absolute atomic E-state index is 11.3. The van der Waals surface area contributed by atoms with E-state index in [0.29, 0.717) is 11.3 Å². The lowest BCUT2D eigenvalue weighted by Gasteiger charge is -2.11. The van der Waals surface area contributed by atoms with Crippen molar-refractivity contribution in [1.82, 2.24) is 0 Å². The van der Waals surface area contributed by atoms with Crippen LogP contribution in [-0.2, 0) is 14.8 Å². The van der Waals surface area contributed by atoms with Crippen molar-refractivity contribution < 1.29 is 18.3 Å². The number of sulfonamides is 1. The first-order valence-electron chi connectivity index (χ1n) is 4.87. The molecule has 1 rings (SSSR count). The largest absolute Gasteiger partial charge is 0.480 e. The SMILES string of the molecule is CCC(Sc1ccccc1S(N)(=O)=O)C(=O)O. The van der Waals surface area contributed by atoms with Crippen molar-refractivity contribution in [1.29, 1.82) is 0 Å². The Morgan fingerprint density at radius 2 is 2.06 bits per heavy atom.